The largest absolute Gasteiger partial charge is 0.398 e. The number of para-hydroxylation sites is 1. The smallest absolute Gasteiger partial charge is 0.253 e. The van der Waals surface area contributed by atoms with Crippen molar-refractivity contribution in [1.82, 2.24) is 5.32 Å². The van der Waals surface area contributed by atoms with E-state index in [1.165, 1.54) is 0 Å². The number of amides is 1. The van der Waals surface area contributed by atoms with Crippen LogP contribution in [0.4, 0.5) is 5.69 Å². The van der Waals surface area contributed by atoms with Gasteiger partial charge in [0.1, 0.15) is 5.60 Å². The van der Waals surface area contributed by atoms with E-state index in [1.54, 1.807) is 31.2 Å². The summed E-state index contributed by atoms with van der Waals surface area (Å²) in [7, 11) is 0. The molecule has 2 atom stereocenters. The van der Waals surface area contributed by atoms with Crippen LogP contribution in [-0.2, 0) is 4.74 Å². The van der Waals surface area contributed by atoms with Gasteiger partial charge in [0.15, 0.2) is 0 Å². The highest BCUT2D eigenvalue weighted by atomic mass is 16.5. The Balaban J connectivity index is 1.99. The molecule has 4 N–H and O–H groups in total. The average molecular weight is 250 g/mol. The van der Waals surface area contributed by atoms with Crippen molar-refractivity contribution in [3.8, 4) is 0 Å². The van der Waals surface area contributed by atoms with Crippen LogP contribution < -0.4 is 11.1 Å². The van der Waals surface area contributed by atoms with Crippen LogP contribution >= 0.6 is 0 Å². The van der Waals surface area contributed by atoms with Gasteiger partial charge in [0.2, 0.25) is 0 Å². The summed E-state index contributed by atoms with van der Waals surface area (Å²) in [4.78, 5) is 11.9. The van der Waals surface area contributed by atoms with Crippen LogP contribution in [0.1, 0.15) is 23.7 Å². The molecule has 1 saturated heterocycles. The molecule has 0 saturated carbocycles. The van der Waals surface area contributed by atoms with Crippen molar-refractivity contribution in [1.29, 1.82) is 0 Å². The van der Waals surface area contributed by atoms with E-state index in [0.717, 1.165) is 0 Å². The van der Waals surface area contributed by atoms with Crippen molar-refractivity contribution < 1.29 is 14.6 Å². The zero-order valence-corrected chi connectivity index (χ0v) is 10.3. The number of anilines is 1. The van der Waals surface area contributed by atoms with E-state index in [0.29, 0.717) is 24.3 Å². The van der Waals surface area contributed by atoms with Crippen molar-refractivity contribution in [2.24, 2.45) is 0 Å². The van der Waals surface area contributed by atoms with Crippen molar-refractivity contribution in [3.63, 3.8) is 0 Å². The Labute approximate surface area is 106 Å². The lowest BCUT2D eigenvalue weighted by atomic mass is 9.96. The summed E-state index contributed by atoms with van der Waals surface area (Å²) < 4.78 is 5.30. The quantitative estimate of drug-likeness (QED) is 0.683. The number of ether oxygens (including phenoxy) is 1. The predicted molar refractivity (Wildman–Crippen MR) is 68.2 cm³/mol. The van der Waals surface area contributed by atoms with Crippen LogP contribution in [0.15, 0.2) is 24.3 Å². The van der Waals surface area contributed by atoms with Gasteiger partial charge in [0, 0.05) is 25.3 Å². The number of nitrogens with two attached hydrogens (primary N) is 1. The van der Waals surface area contributed by atoms with Gasteiger partial charge in [-0.3, -0.25) is 4.79 Å². The fraction of sp³-hybridized carbons (Fsp3) is 0.462. The van der Waals surface area contributed by atoms with Crippen molar-refractivity contribution in [2.45, 2.75) is 25.0 Å². The van der Waals surface area contributed by atoms with Gasteiger partial charge >= 0.3 is 0 Å². The molecule has 0 radical (unpaired) electrons. The maximum absolute atomic E-state index is 11.9. The topological polar surface area (TPSA) is 84.6 Å². The number of hydrogen-bond donors (Lipinski definition) is 3. The predicted octanol–water partition coefficient (Wildman–Crippen LogP) is 0.538. The first-order valence-electron chi connectivity index (χ1n) is 5.99. The Morgan fingerprint density at radius 2 is 2.33 bits per heavy atom. The minimum Gasteiger partial charge on any atom is -0.398 e. The molecule has 1 aromatic carbocycles. The molecule has 0 aromatic heterocycles. The van der Waals surface area contributed by atoms with Gasteiger partial charge in [-0.1, -0.05) is 12.1 Å². The molecule has 1 fully saturated rings. The molecule has 1 aliphatic rings. The number of hydrogen-bond acceptors (Lipinski definition) is 4. The van der Waals surface area contributed by atoms with E-state index >= 15 is 0 Å². The molecule has 18 heavy (non-hydrogen) atoms. The maximum atomic E-state index is 11.9. The molecule has 98 valence electrons. The highest BCUT2D eigenvalue weighted by Crippen LogP contribution is 2.24. The van der Waals surface area contributed by atoms with Crippen molar-refractivity contribution >= 4 is 11.6 Å². The molecule has 0 aliphatic carbocycles. The second-order valence-corrected chi connectivity index (χ2v) is 4.64. The molecule has 1 amide bonds. The monoisotopic (exact) mass is 250 g/mol. The van der Waals surface area contributed by atoms with Gasteiger partial charge in [-0.15, -0.1) is 0 Å². The first kappa shape index (κ1) is 12.9. The molecule has 2 rings (SSSR count). The third-order valence-electron chi connectivity index (χ3n) is 3.42. The summed E-state index contributed by atoms with van der Waals surface area (Å²) in [6.45, 7) is 2.48. The molecule has 0 spiro atoms. The lowest BCUT2D eigenvalue weighted by molar-refractivity contribution is -0.0251. The molecular formula is C13H18N2O3. The number of nitrogen functional groups attached to an aromatic ring is 1. The van der Waals surface area contributed by atoms with Gasteiger partial charge in [-0.05, 0) is 19.1 Å². The highest BCUT2D eigenvalue weighted by molar-refractivity contribution is 5.99. The maximum Gasteiger partial charge on any atom is 0.253 e. The Morgan fingerprint density at radius 3 is 2.94 bits per heavy atom. The number of benzene rings is 1. The first-order valence-corrected chi connectivity index (χ1v) is 5.99. The molecule has 2 unspecified atom stereocenters. The molecule has 1 heterocycles. The number of aliphatic hydroxyl groups is 1. The van der Waals surface area contributed by atoms with Gasteiger partial charge < -0.3 is 20.9 Å². The molecule has 1 aliphatic heterocycles. The summed E-state index contributed by atoms with van der Waals surface area (Å²) in [5.41, 5.74) is 5.58. The van der Waals surface area contributed by atoms with Gasteiger partial charge in [-0.25, -0.2) is 0 Å². The van der Waals surface area contributed by atoms with Crippen LogP contribution in [0, 0.1) is 0 Å². The van der Waals surface area contributed by atoms with Gasteiger partial charge in [0.25, 0.3) is 5.91 Å². The summed E-state index contributed by atoms with van der Waals surface area (Å²) in [6.07, 6.45) is 0.254. The Hall–Kier alpha value is -1.59. The van der Waals surface area contributed by atoms with Gasteiger partial charge in [-0.2, -0.15) is 0 Å². The summed E-state index contributed by atoms with van der Waals surface area (Å²) >= 11 is 0. The molecule has 5 nitrogen and oxygen atoms in total. The van der Waals surface area contributed by atoms with Crippen LogP contribution in [0.25, 0.3) is 0 Å². The second kappa shape index (κ2) is 4.96. The van der Waals surface area contributed by atoms with E-state index in [-0.39, 0.29) is 18.6 Å². The Morgan fingerprint density at radius 1 is 1.61 bits per heavy atom. The fourth-order valence-corrected chi connectivity index (χ4v) is 2.04. The summed E-state index contributed by atoms with van der Waals surface area (Å²) in [5.74, 6) is -0.277. The number of carbonyl (C=O) groups is 1. The Bertz CT molecular complexity index is 450. The zero-order valence-electron chi connectivity index (χ0n) is 10.3. The first-order chi connectivity index (χ1) is 8.53. The number of rotatable bonds is 3. The lowest BCUT2D eigenvalue weighted by Gasteiger charge is -2.26. The van der Waals surface area contributed by atoms with E-state index in [9.17, 15) is 9.90 Å². The lowest BCUT2D eigenvalue weighted by Crippen LogP contribution is -2.47. The van der Waals surface area contributed by atoms with E-state index < -0.39 is 5.60 Å². The van der Waals surface area contributed by atoms with Crippen LogP contribution in [0.3, 0.4) is 0 Å². The molecule has 0 bridgehead atoms. The van der Waals surface area contributed by atoms with Gasteiger partial charge in [0.05, 0.1) is 11.7 Å². The third kappa shape index (κ3) is 2.47. The fourth-order valence-electron chi connectivity index (χ4n) is 2.04. The molecule has 1 aromatic rings. The highest BCUT2D eigenvalue weighted by Gasteiger charge is 2.39. The Kier molecular flexibility index (Phi) is 3.54. The minimum absolute atomic E-state index is 0.168. The normalized spacial score (nSPS) is 27.1. The average Bonchev–Trinajstić information content (AvgIpc) is 2.68. The standard InChI is InChI=1S/C13H18N2O3/c1-9-13(17,6-7-18-9)8-15-12(16)10-4-2-3-5-11(10)14/h2-5,9,17H,6-8,14H2,1H3,(H,15,16). The second-order valence-electron chi connectivity index (χ2n) is 4.64. The number of nitrogens with one attached hydrogen (secondary N) is 1. The molecular weight excluding hydrogens is 232 g/mol. The SMILES string of the molecule is CC1OCCC1(O)CNC(=O)c1ccccc1N. The van der Waals surface area contributed by atoms with Crippen molar-refractivity contribution in [3.05, 3.63) is 29.8 Å². The van der Waals surface area contributed by atoms with Crippen LogP contribution in [0.2, 0.25) is 0 Å². The van der Waals surface area contributed by atoms with E-state index in [1.807, 2.05) is 0 Å². The summed E-state index contributed by atoms with van der Waals surface area (Å²) in [6, 6.07) is 6.85. The van der Waals surface area contributed by atoms with Crippen LogP contribution in [-0.4, -0.2) is 35.9 Å². The van der Waals surface area contributed by atoms with E-state index in [2.05, 4.69) is 5.32 Å². The van der Waals surface area contributed by atoms with Crippen LogP contribution in [0.5, 0.6) is 0 Å². The van der Waals surface area contributed by atoms with Crippen molar-refractivity contribution in [2.75, 3.05) is 18.9 Å². The molecule has 5 heteroatoms. The number of carbonyl (C=O) groups excluding carboxylic acids is 1. The third-order valence-corrected chi connectivity index (χ3v) is 3.42. The zero-order chi connectivity index (χ0) is 13.2. The minimum atomic E-state index is -0.987. The summed E-state index contributed by atoms with van der Waals surface area (Å²) in [5, 5.41) is 13.0. The van der Waals surface area contributed by atoms with E-state index in [4.69, 9.17) is 10.5 Å².